The van der Waals surface area contributed by atoms with Crippen molar-refractivity contribution in [2.45, 2.75) is 31.3 Å². The van der Waals surface area contributed by atoms with Gasteiger partial charge in [0.2, 0.25) is 0 Å². The van der Waals surface area contributed by atoms with Gasteiger partial charge in [0.05, 0.1) is 44.9 Å². The molecule has 4 atom stereocenters. The summed E-state index contributed by atoms with van der Waals surface area (Å²) in [6.07, 6.45) is 0. The van der Waals surface area contributed by atoms with Crippen LogP contribution < -0.4 is 19.5 Å². The Morgan fingerprint density at radius 1 is 0.851 bits per heavy atom. The van der Waals surface area contributed by atoms with Crippen molar-refractivity contribution >= 4 is 23.5 Å². The molecular weight excluding hydrogens is 598 g/mol. The van der Waals surface area contributed by atoms with Gasteiger partial charge in [0.15, 0.2) is 17.3 Å². The molecule has 1 heterocycles. The Hall–Kier alpha value is -5.82. The molecule has 2 N–H and O–H groups in total. The maximum absolute atomic E-state index is 14.8. The molecule has 0 spiro atoms. The van der Waals surface area contributed by atoms with E-state index in [1.54, 1.807) is 72.8 Å². The van der Waals surface area contributed by atoms with Gasteiger partial charge in [0, 0.05) is 17.2 Å². The number of nitrogens with one attached hydrogen (secondary N) is 1. The number of methoxy groups -OCH3 is 3. The lowest BCUT2D eigenvalue weighted by Gasteiger charge is -2.38. The van der Waals surface area contributed by atoms with Crippen LogP contribution in [0.15, 0.2) is 91.0 Å². The van der Waals surface area contributed by atoms with E-state index in [1.165, 1.54) is 33.2 Å². The standard InChI is InChI=1S/C37H35N3O7/c1-22-7-6-8-26(19-22)33-31(34(41)24-11-9-23(21-38)10-12-24)32(25-13-18-29(46-4)30(20-25)47-5)37(2,35(42)43)40(33)36(44)39-27-14-16-28(45-3)17-15-27/h6-20,31-33H,1-5H3,(H,39,44)(H,42,43). The maximum Gasteiger partial charge on any atom is 0.330 e. The third-order valence-corrected chi connectivity index (χ3v) is 8.83. The van der Waals surface area contributed by atoms with E-state index in [4.69, 9.17) is 14.2 Å². The second-order valence-corrected chi connectivity index (χ2v) is 11.5. The molecule has 1 fully saturated rings. The first-order chi connectivity index (χ1) is 22.6. The topological polar surface area (TPSA) is 138 Å². The summed E-state index contributed by atoms with van der Waals surface area (Å²) in [6.45, 7) is 3.36. The van der Waals surface area contributed by atoms with Gasteiger partial charge in [0.1, 0.15) is 11.3 Å². The van der Waals surface area contributed by atoms with Gasteiger partial charge < -0.3 is 24.6 Å². The summed E-state index contributed by atoms with van der Waals surface area (Å²) >= 11 is 0. The van der Waals surface area contributed by atoms with E-state index in [9.17, 15) is 24.8 Å². The first kappa shape index (κ1) is 32.6. The largest absolute Gasteiger partial charge is 0.497 e. The van der Waals surface area contributed by atoms with Gasteiger partial charge in [-0.1, -0.05) is 48.0 Å². The molecule has 4 aromatic carbocycles. The fraction of sp³-hybridized carbons (Fsp3) is 0.243. The number of hydrogen-bond acceptors (Lipinski definition) is 7. The highest BCUT2D eigenvalue weighted by atomic mass is 16.5. The number of Topliss-reactive ketones (excluding diaryl/α,β-unsaturated/α-hetero) is 1. The van der Waals surface area contributed by atoms with Crippen LogP contribution in [0.2, 0.25) is 0 Å². The molecule has 4 unspecified atom stereocenters. The van der Waals surface area contributed by atoms with Crippen LogP contribution in [-0.2, 0) is 4.79 Å². The van der Waals surface area contributed by atoms with Gasteiger partial charge in [-0.15, -0.1) is 0 Å². The van der Waals surface area contributed by atoms with E-state index in [-0.39, 0.29) is 11.3 Å². The number of anilines is 1. The van der Waals surface area contributed by atoms with Gasteiger partial charge >= 0.3 is 12.0 Å². The number of nitrogens with zero attached hydrogens (tertiary/aromatic N) is 2. The van der Waals surface area contributed by atoms with E-state index in [2.05, 4.69) is 11.4 Å². The molecule has 2 amide bonds. The molecule has 10 heteroatoms. The monoisotopic (exact) mass is 633 g/mol. The number of carboxylic acid groups (broad SMARTS) is 1. The summed E-state index contributed by atoms with van der Waals surface area (Å²) in [5.41, 5.74) is 1.05. The lowest BCUT2D eigenvalue weighted by Crippen LogP contribution is -2.55. The Labute approximate surface area is 273 Å². The molecule has 0 saturated carbocycles. The normalized spacial score (nSPS) is 20.2. The molecule has 0 radical (unpaired) electrons. The molecule has 0 aromatic heterocycles. The molecule has 1 aliphatic rings. The smallest absolute Gasteiger partial charge is 0.330 e. The highest BCUT2D eigenvalue weighted by Gasteiger charge is 2.65. The van der Waals surface area contributed by atoms with Crippen LogP contribution in [0.25, 0.3) is 0 Å². The SMILES string of the molecule is COc1ccc(NC(=O)N2C(c3cccc(C)c3)C(C(=O)c3ccc(C#N)cc3)C(c3ccc(OC)c(OC)c3)C2(C)C(=O)O)cc1. The van der Waals surface area contributed by atoms with Gasteiger partial charge in [-0.3, -0.25) is 9.69 Å². The van der Waals surface area contributed by atoms with Crippen molar-refractivity contribution in [3.05, 3.63) is 119 Å². The number of aryl methyl sites for hydroxylation is 1. The van der Waals surface area contributed by atoms with Gasteiger partial charge in [-0.2, -0.15) is 5.26 Å². The number of carboxylic acids is 1. The third-order valence-electron chi connectivity index (χ3n) is 8.83. The minimum absolute atomic E-state index is 0.280. The van der Waals surface area contributed by atoms with Crippen LogP contribution in [0.1, 0.15) is 51.5 Å². The number of urea groups is 1. The zero-order valence-electron chi connectivity index (χ0n) is 26.7. The molecule has 0 bridgehead atoms. The highest BCUT2D eigenvalue weighted by molar-refractivity contribution is 6.03. The van der Waals surface area contributed by atoms with E-state index in [1.807, 2.05) is 25.1 Å². The predicted octanol–water partition coefficient (Wildman–Crippen LogP) is 6.61. The molecule has 5 rings (SSSR count). The minimum Gasteiger partial charge on any atom is -0.497 e. The number of rotatable bonds is 9. The number of carbonyl (C=O) groups is 3. The summed E-state index contributed by atoms with van der Waals surface area (Å²) in [6, 6.07) is 25.6. The summed E-state index contributed by atoms with van der Waals surface area (Å²) in [5.74, 6) is -2.47. The van der Waals surface area contributed by atoms with Gasteiger partial charge in [-0.05, 0) is 73.5 Å². The van der Waals surface area contributed by atoms with Crippen LogP contribution in [-0.4, -0.2) is 54.7 Å². The summed E-state index contributed by atoms with van der Waals surface area (Å²) < 4.78 is 16.3. The Balaban J connectivity index is 1.78. The average molecular weight is 634 g/mol. The zero-order chi connectivity index (χ0) is 33.9. The van der Waals surface area contributed by atoms with Crippen molar-refractivity contribution < 1.29 is 33.7 Å². The Kier molecular flexibility index (Phi) is 9.19. The number of amides is 2. The van der Waals surface area contributed by atoms with E-state index >= 15 is 0 Å². The molecule has 240 valence electrons. The summed E-state index contributed by atoms with van der Waals surface area (Å²) in [5, 5.41) is 23.3. The number of aliphatic carboxylic acids is 1. The number of ketones is 1. The maximum atomic E-state index is 14.8. The average Bonchev–Trinajstić information content (AvgIpc) is 3.38. The molecule has 1 saturated heterocycles. The molecule has 0 aliphatic carbocycles. The van der Waals surface area contributed by atoms with Crippen LogP contribution in [0.5, 0.6) is 17.2 Å². The van der Waals surface area contributed by atoms with E-state index in [0.29, 0.717) is 39.6 Å². The van der Waals surface area contributed by atoms with Crippen LogP contribution >= 0.6 is 0 Å². The Bertz CT molecular complexity index is 1850. The number of hydrogen-bond donors (Lipinski definition) is 2. The first-order valence-corrected chi connectivity index (χ1v) is 14.9. The van der Waals surface area contributed by atoms with Crippen molar-refractivity contribution in [2.75, 3.05) is 26.6 Å². The van der Waals surface area contributed by atoms with E-state index < -0.39 is 35.4 Å². The lowest BCUT2D eigenvalue weighted by molar-refractivity contribution is -0.148. The van der Waals surface area contributed by atoms with Crippen LogP contribution in [0.4, 0.5) is 10.5 Å². The summed E-state index contributed by atoms with van der Waals surface area (Å²) in [7, 11) is 4.49. The van der Waals surface area contributed by atoms with Gasteiger partial charge in [0.25, 0.3) is 0 Å². The van der Waals surface area contributed by atoms with Crippen LogP contribution in [0, 0.1) is 24.2 Å². The fourth-order valence-corrected chi connectivity index (χ4v) is 6.55. The Morgan fingerprint density at radius 2 is 1.53 bits per heavy atom. The van der Waals surface area contributed by atoms with Crippen molar-refractivity contribution in [1.82, 2.24) is 4.90 Å². The molecule has 47 heavy (non-hydrogen) atoms. The molecule has 10 nitrogen and oxygen atoms in total. The number of benzene rings is 4. The lowest BCUT2D eigenvalue weighted by atomic mass is 9.71. The second kappa shape index (κ2) is 13.3. The molecule has 4 aromatic rings. The van der Waals surface area contributed by atoms with Crippen molar-refractivity contribution in [1.29, 1.82) is 5.26 Å². The quantitative estimate of drug-likeness (QED) is 0.197. The first-order valence-electron chi connectivity index (χ1n) is 14.9. The second-order valence-electron chi connectivity index (χ2n) is 11.5. The van der Waals surface area contributed by atoms with Gasteiger partial charge in [-0.25, -0.2) is 9.59 Å². The van der Waals surface area contributed by atoms with Crippen LogP contribution in [0.3, 0.4) is 0 Å². The highest BCUT2D eigenvalue weighted by Crippen LogP contribution is 2.57. The Morgan fingerprint density at radius 3 is 2.11 bits per heavy atom. The number of likely N-dealkylation sites (tertiary alicyclic amines) is 1. The number of carbonyl (C=O) groups excluding carboxylic acids is 2. The summed E-state index contributed by atoms with van der Waals surface area (Å²) in [4.78, 5) is 44.2. The molecule has 1 aliphatic heterocycles. The number of ether oxygens (including phenoxy) is 3. The van der Waals surface area contributed by atoms with Crippen molar-refractivity contribution in [3.8, 4) is 23.3 Å². The molecular formula is C37H35N3O7. The van der Waals surface area contributed by atoms with Crippen molar-refractivity contribution in [2.24, 2.45) is 5.92 Å². The number of nitriles is 1. The fourth-order valence-electron chi connectivity index (χ4n) is 6.55. The predicted molar refractivity (Wildman–Crippen MR) is 175 cm³/mol. The third kappa shape index (κ3) is 5.95. The minimum atomic E-state index is -1.95. The zero-order valence-corrected chi connectivity index (χ0v) is 26.7. The van der Waals surface area contributed by atoms with E-state index in [0.717, 1.165) is 5.56 Å². The van der Waals surface area contributed by atoms with Crippen molar-refractivity contribution in [3.63, 3.8) is 0 Å².